The molecule has 0 aliphatic carbocycles. The zero-order chi connectivity index (χ0) is 54.3. The number of nitrogens with zero attached hydrogens (tertiary/aromatic N) is 33. The maximum atomic E-state index is 5.73. The lowest BCUT2D eigenvalue weighted by Crippen LogP contribution is -2.30. The van der Waals surface area contributed by atoms with E-state index >= 15 is 0 Å². The van der Waals surface area contributed by atoms with Crippen molar-refractivity contribution in [1.29, 1.82) is 0 Å². The van der Waals surface area contributed by atoms with Crippen LogP contribution in [0, 0.1) is 0 Å². The maximum absolute atomic E-state index is 5.73. The van der Waals surface area contributed by atoms with Gasteiger partial charge in [0.1, 0.15) is 0 Å². The van der Waals surface area contributed by atoms with E-state index in [1.54, 1.807) is 27.7 Å². The molecule has 0 spiro atoms. The van der Waals surface area contributed by atoms with Crippen LogP contribution in [0.3, 0.4) is 0 Å². The predicted octanol–water partition coefficient (Wildman–Crippen LogP) is 15.4. The molecule has 1 aliphatic heterocycles. The Balaban J connectivity index is 6.30. The van der Waals surface area contributed by atoms with Gasteiger partial charge in [-0.05, 0) is 161 Å². The number of rotatable bonds is 25. The van der Waals surface area contributed by atoms with Crippen molar-refractivity contribution in [2.24, 2.45) is 115 Å². The summed E-state index contributed by atoms with van der Waals surface area (Å²) in [6.07, 6.45) is 6.04. The van der Waals surface area contributed by atoms with Crippen molar-refractivity contribution in [3.05, 3.63) is 0 Å². The predicted molar refractivity (Wildman–Crippen MR) is 312 cm³/mol. The van der Waals surface area contributed by atoms with E-state index in [2.05, 4.69) is 66.1 Å². The largest absolute Gasteiger partial charge is 0.348 e. The van der Waals surface area contributed by atoms with E-state index < -0.39 is 52.5 Å². The van der Waals surface area contributed by atoms with Gasteiger partial charge in [-0.2, -0.15) is 52.0 Å². The first-order valence-corrected chi connectivity index (χ1v) is 34.9. The van der Waals surface area contributed by atoms with Crippen LogP contribution >= 0.6 is 86.6 Å². The third-order valence-electron chi connectivity index (χ3n) is 8.33. The van der Waals surface area contributed by atoms with Crippen LogP contribution in [-0.4, -0.2) is 200 Å². The van der Waals surface area contributed by atoms with Crippen LogP contribution in [0.4, 0.5) is 0 Å². The first-order chi connectivity index (χ1) is 33.2. The smallest absolute Gasteiger partial charge is 0.252 e. The molecule has 3 atom stereocenters. The van der Waals surface area contributed by atoms with E-state index in [0.29, 0.717) is 0 Å². The molecule has 1 rings (SSSR count). The highest BCUT2D eigenvalue weighted by Crippen LogP contribution is 2.87. The summed E-state index contributed by atoms with van der Waals surface area (Å²) in [6.45, 7) is 11.1. The van der Waals surface area contributed by atoms with Gasteiger partial charge in [0.2, 0.25) is 34.1 Å². The van der Waals surface area contributed by atoms with Crippen molar-refractivity contribution in [3.63, 3.8) is 0 Å². The van der Waals surface area contributed by atoms with Crippen LogP contribution in [-0.2, 0) is 0 Å². The van der Waals surface area contributed by atoms with Gasteiger partial charge in [-0.1, -0.05) is 19.5 Å². The van der Waals surface area contributed by atoms with Crippen molar-refractivity contribution >= 4 is 118 Å². The molecule has 0 saturated heterocycles. The molecular formula is C27H72N33P11. The van der Waals surface area contributed by atoms with E-state index in [1.165, 1.54) is 24.9 Å². The van der Waals surface area contributed by atoms with E-state index in [4.69, 9.17) is 55.9 Å². The number of hydrogen-bond acceptors (Lipinski definition) is 16. The average Bonchev–Trinajstić information content (AvgIpc) is 3.27. The molecule has 44 heteroatoms. The van der Waals surface area contributed by atoms with Crippen LogP contribution < -0.4 is 0 Å². The fraction of sp³-hybridized carbons (Fsp3) is 0.815. The highest BCUT2D eigenvalue weighted by Gasteiger charge is 2.46. The summed E-state index contributed by atoms with van der Waals surface area (Å²) in [4.78, 5) is 54.1. The van der Waals surface area contributed by atoms with E-state index in [9.17, 15) is 0 Å². The van der Waals surface area contributed by atoms with E-state index in [1.807, 2.05) is 169 Å². The van der Waals surface area contributed by atoms with E-state index in [-0.39, 0.29) is 34.1 Å². The normalized spacial score (nSPS) is 24.0. The molecular weight excluding hydrogens is 1130 g/mol. The van der Waals surface area contributed by atoms with Gasteiger partial charge in [-0.15, -0.1) is 39.0 Å². The molecule has 0 aromatic heterocycles. The molecule has 71 heavy (non-hydrogen) atoms. The molecule has 3 unspecified atom stereocenters. The minimum absolute atomic E-state index is 0.0342. The van der Waals surface area contributed by atoms with Gasteiger partial charge in [0.15, 0.2) is 22.5 Å². The van der Waals surface area contributed by atoms with Crippen molar-refractivity contribution in [2.45, 2.75) is 27.7 Å². The number of hydrogen-bond donors (Lipinski definition) is 0. The molecule has 0 aromatic carbocycles. The average molecular weight is 1200 g/mol. The Morgan fingerprint density at radius 1 is 0.338 bits per heavy atom. The fourth-order valence-electron chi connectivity index (χ4n) is 6.18. The van der Waals surface area contributed by atoms with Gasteiger partial charge in [0.05, 0.1) is 0 Å². The monoisotopic (exact) mass is 1200 g/mol. The molecule has 0 saturated carbocycles. The van der Waals surface area contributed by atoms with Gasteiger partial charge in [-0.3, -0.25) is 42.0 Å². The minimum atomic E-state index is -4.42. The summed E-state index contributed by atoms with van der Waals surface area (Å²) in [6, 6.07) is 0. The quantitative estimate of drug-likeness (QED) is 0.0362. The summed E-state index contributed by atoms with van der Waals surface area (Å²) in [5, 5.41) is 16.0. The Morgan fingerprint density at radius 3 is 0.761 bits per heavy atom. The van der Waals surface area contributed by atoms with Gasteiger partial charge in [0, 0.05) is 24.9 Å². The fourth-order valence-corrected chi connectivity index (χ4v) is 37.2. The molecule has 0 amide bonds. The van der Waals surface area contributed by atoms with Crippen molar-refractivity contribution < 1.29 is 0 Å². The van der Waals surface area contributed by atoms with Gasteiger partial charge < -0.3 is 0 Å². The summed E-state index contributed by atoms with van der Waals surface area (Å²) < 4.78 is 62.2. The Kier molecular flexibility index (Phi) is 29.9. The lowest BCUT2D eigenvalue weighted by molar-refractivity contribution is 0.475. The molecule has 0 aromatic rings. The Labute approximate surface area is 428 Å². The van der Waals surface area contributed by atoms with E-state index in [0.717, 1.165) is 0 Å². The second-order valence-electron chi connectivity index (χ2n) is 15.1. The lowest BCUT2D eigenvalue weighted by Gasteiger charge is -2.43. The second-order valence-corrected chi connectivity index (χ2v) is 37.9. The standard InChI is InChI=1S/C27H72N33P11/c1-24-29-33-61-37-41-66(42-38-62-34-30-25-2)47-67(43-39-63-35-31-26-3,50-70(55(12)13,56(14)15)57(16)17)45-65(28-5,49-69(52(6)7,53(8)9)54(10)11)46-68(48-66,44-40-64-36-32-27-4)51-71(58(18)19,59(20)21)60(22)23/h24-27H,5H2,1-4,6-23H3/b29-24+,30-25+,31-26+,32-27+,41-37?,42-38?,43-39?,44-40?. The molecule has 1 heterocycles. The molecule has 400 valence electrons. The first kappa shape index (κ1) is 67.4. The molecule has 33 nitrogen and oxygen atoms in total. The molecule has 0 N–H and O–H groups in total. The minimum Gasteiger partial charge on any atom is -0.252 e. The van der Waals surface area contributed by atoms with Crippen molar-refractivity contribution in [1.82, 2.24) is 42.0 Å². The van der Waals surface area contributed by atoms with Crippen molar-refractivity contribution in [2.75, 3.05) is 127 Å². The zero-order valence-corrected chi connectivity index (χ0v) is 54.5. The van der Waals surface area contributed by atoms with Gasteiger partial charge in [-0.25, -0.2) is 4.76 Å². The second kappa shape index (κ2) is 31.4. The highest BCUT2D eigenvalue weighted by molar-refractivity contribution is 7.88. The molecule has 0 radical (unpaired) electrons. The Hall–Kier alpha value is -1.60. The molecule has 0 bridgehead atoms. The summed E-state index contributed by atoms with van der Waals surface area (Å²) >= 11 is 0. The van der Waals surface area contributed by atoms with Gasteiger partial charge in [0.25, 0.3) is 0 Å². The van der Waals surface area contributed by atoms with Crippen LogP contribution in [0.25, 0.3) is 0 Å². The summed E-state index contributed by atoms with van der Waals surface area (Å²) in [5.74, 6) is 0. The summed E-state index contributed by atoms with van der Waals surface area (Å²) in [7, 11) is 7.72. The summed E-state index contributed by atoms with van der Waals surface area (Å²) in [5.41, 5.74) is 0. The van der Waals surface area contributed by atoms with Crippen LogP contribution in [0.15, 0.2) is 115 Å². The molecule has 1 aliphatic rings. The van der Waals surface area contributed by atoms with Crippen LogP contribution in [0.2, 0.25) is 0 Å². The van der Waals surface area contributed by atoms with Gasteiger partial charge >= 0.3 is 30.0 Å². The third-order valence-corrected chi connectivity index (χ3v) is 35.1. The maximum Gasteiger partial charge on any atom is 0.348 e. The zero-order valence-electron chi connectivity index (χ0n) is 44.7. The van der Waals surface area contributed by atoms with Crippen LogP contribution in [0.5, 0.6) is 0 Å². The van der Waals surface area contributed by atoms with Crippen molar-refractivity contribution in [3.8, 4) is 0 Å². The SMILES string of the molecule is C=NP1(N=P(N(C)C)(N(C)C)N(C)C)=NP(N=NP=N/N=C/C)(N=P(N(C)C)(N(C)C)N(C)C)=NP(N=NP=N/N=C/C)(N=NP=N/N=C/C)=NP(N=NP=N/N=C/C)(N=P(N(C)C)(N(C)C)N(C)C)=N1. The molecule has 0 fully saturated rings. The highest BCUT2D eigenvalue weighted by atomic mass is 31.3. The topological polar surface area (TPSA) is 326 Å². The third kappa shape index (κ3) is 18.0. The Morgan fingerprint density at radius 2 is 0.535 bits per heavy atom. The first-order valence-electron chi connectivity index (χ1n) is 20.5. The lowest BCUT2D eigenvalue weighted by atomic mass is 10.9. The van der Waals surface area contributed by atoms with Crippen LogP contribution in [0.1, 0.15) is 27.7 Å². The Bertz CT molecular complexity index is 2370.